The van der Waals surface area contributed by atoms with Crippen LogP contribution in [0.4, 0.5) is 0 Å². The number of likely N-dealkylation sites (N-methyl/N-ethyl adjacent to an activating group) is 1. The van der Waals surface area contributed by atoms with Crippen molar-refractivity contribution < 1.29 is 0 Å². The van der Waals surface area contributed by atoms with E-state index in [1.807, 2.05) is 12.1 Å². The number of hydrogen-bond donors (Lipinski definition) is 1. The number of halogens is 1. The molecule has 17 heavy (non-hydrogen) atoms. The summed E-state index contributed by atoms with van der Waals surface area (Å²) < 4.78 is 0. The minimum absolute atomic E-state index is 0.462. The normalized spacial score (nSPS) is 22.9. The van der Waals surface area contributed by atoms with Gasteiger partial charge in [-0.2, -0.15) is 0 Å². The largest absolute Gasteiger partial charge is 0.329 e. The lowest BCUT2D eigenvalue weighted by atomic mass is 10.1. The number of piperazine rings is 1. The van der Waals surface area contributed by atoms with Crippen molar-refractivity contribution in [1.82, 2.24) is 9.80 Å². The summed E-state index contributed by atoms with van der Waals surface area (Å²) in [6.45, 7) is 4.94. The molecule has 0 bridgehead atoms. The van der Waals surface area contributed by atoms with Gasteiger partial charge in [-0.05, 0) is 24.7 Å². The summed E-state index contributed by atoms with van der Waals surface area (Å²) in [5.74, 6) is 0. The Morgan fingerprint density at radius 2 is 2.00 bits per heavy atom. The molecular formula is C13H20ClN3. The van der Waals surface area contributed by atoms with Crippen LogP contribution in [0.15, 0.2) is 24.3 Å². The zero-order valence-corrected chi connectivity index (χ0v) is 11.0. The van der Waals surface area contributed by atoms with E-state index in [1.54, 1.807) is 0 Å². The maximum absolute atomic E-state index is 5.89. The van der Waals surface area contributed by atoms with Gasteiger partial charge in [0.15, 0.2) is 0 Å². The van der Waals surface area contributed by atoms with E-state index in [-0.39, 0.29) is 0 Å². The Kier molecular flexibility index (Phi) is 4.40. The third-order valence-electron chi connectivity index (χ3n) is 3.38. The Bertz CT molecular complexity index is 352. The van der Waals surface area contributed by atoms with Crippen molar-refractivity contribution in [2.24, 2.45) is 5.73 Å². The molecule has 2 N–H and O–H groups in total. The van der Waals surface area contributed by atoms with Gasteiger partial charge < -0.3 is 10.6 Å². The summed E-state index contributed by atoms with van der Waals surface area (Å²) >= 11 is 5.89. The smallest absolute Gasteiger partial charge is 0.0406 e. The summed E-state index contributed by atoms with van der Waals surface area (Å²) in [6.07, 6.45) is 0. The molecule has 3 nitrogen and oxygen atoms in total. The summed E-state index contributed by atoms with van der Waals surface area (Å²) in [5, 5.41) is 0.794. The molecule has 1 aromatic rings. The Morgan fingerprint density at radius 1 is 1.29 bits per heavy atom. The van der Waals surface area contributed by atoms with Crippen LogP contribution in [0.3, 0.4) is 0 Å². The Morgan fingerprint density at radius 3 is 2.65 bits per heavy atom. The Labute approximate surface area is 108 Å². The van der Waals surface area contributed by atoms with Crippen LogP contribution in [0.5, 0.6) is 0 Å². The van der Waals surface area contributed by atoms with Crippen LogP contribution in [0.25, 0.3) is 0 Å². The van der Waals surface area contributed by atoms with Crippen molar-refractivity contribution in [1.29, 1.82) is 0 Å². The molecule has 1 fully saturated rings. The fraction of sp³-hybridized carbons (Fsp3) is 0.538. The number of hydrogen-bond acceptors (Lipinski definition) is 3. The molecule has 4 heteroatoms. The minimum Gasteiger partial charge on any atom is -0.329 e. The highest BCUT2D eigenvalue weighted by molar-refractivity contribution is 6.30. The summed E-state index contributed by atoms with van der Waals surface area (Å²) in [5.41, 5.74) is 7.15. The molecule has 0 spiro atoms. The van der Waals surface area contributed by atoms with Gasteiger partial charge in [0.1, 0.15) is 0 Å². The minimum atomic E-state index is 0.462. The molecule has 0 aliphatic carbocycles. The molecule has 1 unspecified atom stereocenters. The molecule has 2 rings (SSSR count). The second kappa shape index (κ2) is 5.83. The summed E-state index contributed by atoms with van der Waals surface area (Å²) in [7, 11) is 2.16. The molecule has 1 heterocycles. The van der Waals surface area contributed by atoms with Crippen LogP contribution in [-0.2, 0) is 6.54 Å². The van der Waals surface area contributed by atoms with Gasteiger partial charge >= 0.3 is 0 Å². The molecular weight excluding hydrogens is 234 g/mol. The second-order valence-corrected chi connectivity index (χ2v) is 5.19. The first kappa shape index (κ1) is 12.8. The van der Waals surface area contributed by atoms with Crippen molar-refractivity contribution in [3.8, 4) is 0 Å². The second-order valence-electron chi connectivity index (χ2n) is 4.75. The van der Waals surface area contributed by atoms with Gasteiger partial charge in [-0.3, -0.25) is 4.90 Å². The average molecular weight is 254 g/mol. The van der Waals surface area contributed by atoms with Gasteiger partial charge in [0.2, 0.25) is 0 Å². The maximum atomic E-state index is 5.89. The molecule has 0 radical (unpaired) electrons. The summed E-state index contributed by atoms with van der Waals surface area (Å²) in [4.78, 5) is 4.80. The van der Waals surface area contributed by atoms with Crippen LogP contribution in [0, 0.1) is 0 Å². The van der Waals surface area contributed by atoms with E-state index >= 15 is 0 Å². The topological polar surface area (TPSA) is 32.5 Å². The zero-order chi connectivity index (χ0) is 12.3. The van der Waals surface area contributed by atoms with E-state index in [1.165, 1.54) is 5.56 Å². The highest BCUT2D eigenvalue weighted by Crippen LogP contribution is 2.15. The highest BCUT2D eigenvalue weighted by Gasteiger charge is 2.23. The van der Waals surface area contributed by atoms with Gasteiger partial charge in [-0.1, -0.05) is 23.7 Å². The Balaban J connectivity index is 1.99. The first-order valence-electron chi connectivity index (χ1n) is 6.06. The molecule has 0 aromatic heterocycles. The van der Waals surface area contributed by atoms with Crippen LogP contribution in [0.1, 0.15) is 5.56 Å². The first-order chi connectivity index (χ1) is 8.19. The number of nitrogens with two attached hydrogens (primary N) is 1. The van der Waals surface area contributed by atoms with E-state index in [0.717, 1.165) is 37.7 Å². The summed E-state index contributed by atoms with van der Waals surface area (Å²) in [6, 6.07) is 8.54. The van der Waals surface area contributed by atoms with Crippen LogP contribution < -0.4 is 5.73 Å². The molecule has 1 aliphatic rings. The number of nitrogens with zero attached hydrogens (tertiary/aromatic N) is 2. The molecule has 0 saturated carbocycles. The third-order valence-corrected chi connectivity index (χ3v) is 3.63. The lowest BCUT2D eigenvalue weighted by Crippen LogP contribution is -2.54. The van der Waals surface area contributed by atoms with Gasteiger partial charge in [-0.15, -0.1) is 0 Å². The van der Waals surface area contributed by atoms with Crippen molar-refractivity contribution in [3.05, 3.63) is 34.9 Å². The third kappa shape index (κ3) is 3.42. The monoisotopic (exact) mass is 253 g/mol. The van der Waals surface area contributed by atoms with Crippen molar-refractivity contribution in [2.45, 2.75) is 12.6 Å². The standard InChI is InChI=1S/C13H20ClN3/c1-16-6-7-17(13(8-15)10-16)9-11-2-4-12(14)5-3-11/h2-5,13H,6-10,15H2,1H3. The van der Waals surface area contributed by atoms with Crippen LogP contribution in [0.2, 0.25) is 5.02 Å². The molecule has 0 amide bonds. The number of benzene rings is 1. The van der Waals surface area contributed by atoms with E-state index in [9.17, 15) is 0 Å². The highest BCUT2D eigenvalue weighted by atomic mass is 35.5. The molecule has 1 saturated heterocycles. The maximum Gasteiger partial charge on any atom is 0.0406 e. The number of rotatable bonds is 3. The SMILES string of the molecule is CN1CCN(Cc2ccc(Cl)cc2)C(CN)C1. The van der Waals surface area contributed by atoms with E-state index in [4.69, 9.17) is 17.3 Å². The Hall–Kier alpha value is -0.610. The van der Waals surface area contributed by atoms with Crippen molar-refractivity contribution in [2.75, 3.05) is 33.2 Å². The van der Waals surface area contributed by atoms with E-state index in [0.29, 0.717) is 6.04 Å². The molecule has 1 aromatic carbocycles. The zero-order valence-electron chi connectivity index (χ0n) is 10.3. The molecule has 1 atom stereocenters. The molecule has 94 valence electrons. The van der Waals surface area contributed by atoms with Crippen molar-refractivity contribution >= 4 is 11.6 Å². The lowest BCUT2D eigenvalue weighted by molar-refractivity contribution is 0.0881. The average Bonchev–Trinajstić information content (AvgIpc) is 2.34. The predicted octanol–water partition coefficient (Wildman–Crippen LogP) is 1.41. The van der Waals surface area contributed by atoms with Gasteiger partial charge in [0, 0.05) is 43.8 Å². The quantitative estimate of drug-likeness (QED) is 0.884. The lowest BCUT2D eigenvalue weighted by Gasteiger charge is -2.39. The fourth-order valence-electron chi connectivity index (χ4n) is 2.30. The molecule has 1 aliphatic heterocycles. The first-order valence-corrected chi connectivity index (χ1v) is 6.44. The van der Waals surface area contributed by atoms with Crippen LogP contribution in [-0.4, -0.2) is 49.1 Å². The van der Waals surface area contributed by atoms with E-state index < -0.39 is 0 Å². The van der Waals surface area contributed by atoms with E-state index in [2.05, 4.69) is 29.0 Å². The van der Waals surface area contributed by atoms with Gasteiger partial charge in [0.05, 0.1) is 0 Å². The fourth-order valence-corrected chi connectivity index (χ4v) is 2.43. The predicted molar refractivity (Wildman–Crippen MR) is 72.2 cm³/mol. The van der Waals surface area contributed by atoms with Gasteiger partial charge in [0.25, 0.3) is 0 Å². The van der Waals surface area contributed by atoms with Crippen LogP contribution >= 0.6 is 11.6 Å². The van der Waals surface area contributed by atoms with Gasteiger partial charge in [-0.25, -0.2) is 0 Å². The van der Waals surface area contributed by atoms with Crippen molar-refractivity contribution in [3.63, 3.8) is 0 Å².